The quantitative estimate of drug-likeness (QED) is 0.824. The number of carbonyl (C=O) groups excluding carboxylic acids is 2. The van der Waals surface area contributed by atoms with Crippen LogP contribution in [0.5, 0.6) is 0 Å². The van der Waals surface area contributed by atoms with E-state index in [0.29, 0.717) is 26.2 Å². The van der Waals surface area contributed by atoms with Crippen LogP contribution in [0.4, 0.5) is 4.79 Å². The summed E-state index contributed by atoms with van der Waals surface area (Å²) in [6.45, 7) is 4.82. The van der Waals surface area contributed by atoms with Crippen molar-refractivity contribution in [2.45, 2.75) is 45.3 Å². The highest BCUT2D eigenvalue weighted by molar-refractivity contribution is 5.74. The van der Waals surface area contributed by atoms with Gasteiger partial charge in [-0.1, -0.05) is 0 Å². The summed E-state index contributed by atoms with van der Waals surface area (Å²) >= 11 is 0. The van der Waals surface area contributed by atoms with Crippen molar-refractivity contribution < 1.29 is 9.59 Å². The first kappa shape index (κ1) is 19.9. The Kier molecular flexibility index (Phi) is 7.00. The van der Waals surface area contributed by atoms with E-state index in [-0.39, 0.29) is 18.0 Å². The maximum Gasteiger partial charge on any atom is 0.317 e. The molecule has 3 heterocycles. The molecule has 2 aromatic rings. The van der Waals surface area contributed by atoms with Crippen LogP contribution in [0.3, 0.4) is 0 Å². The molecule has 0 aromatic carbocycles. The van der Waals surface area contributed by atoms with Crippen molar-refractivity contribution in [1.29, 1.82) is 0 Å². The summed E-state index contributed by atoms with van der Waals surface area (Å²) in [5, 5.41) is 2.99. The summed E-state index contributed by atoms with van der Waals surface area (Å²) in [6, 6.07) is 4.03. The van der Waals surface area contributed by atoms with Gasteiger partial charge in [0.15, 0.2) is 0 Å². The number of hydrogen-bond acceptors (Lipinski definition) is 4. The van der Waals surface area contributed by atoms with Crippen molar-refractivity contribution in [3.8, 4) is 0 Å². The van der Waals surface area contributed by atoms with Gasteiger partial charge in [0.05, 0.1) is 0 Å². The third-order valence-electron chi connectivity index (χ3n) is 5.11. The van der Waals surface area contributed by atoms with Gasteiger partial charge in [0.2, 0.25) is 5.91 Å². The molecule has 3 rings (SSSR count). The normalized spacial score (nSPS) is 17.0. The van der Waals surface area contributed by atoms with Gasteiger partial charge in [-0.2, -0.15) is 0 Å². The Morgan fingerprint density at radius 3 is 2.64 bits per heavy atom. The molecule has 1 aliphatic rings. The molecule has 0 bridgehead atoms. The first-order valence-corrected chi connectivity index (χ1v) is 9.78. The van der Waals surface area contributed by atoms with Crippen LogP contribution in [0.15, 0.2) is 43.2 Å². The molecule has 150 valence electrons. The third-order valence-corrected chi connectivity index (χ3v) is 5.11. The fourth-order valence-corrected chi connectivity index (χ4v) is 3.62. The molecule has 1 atom stereocenters. The minimum atomic E-state index is -0.0290. The van der Waals surface area contributed by atoms with E-state index in [0.717, 1.165) is 31.4 Å². The molecule has 1 N–H and O–H groups in total. The van der Waals surface area contributed by atoms with Gasteiger partial charge in [0.1, 0.15) is 6.33 Å². The standard InChI is InChI=1S/C20H28N6O2/c1-17(27)26(15-18-13-21-16-22-14-18)19-5-4-10-25(11-6-19)20(28)23-7-12-24-8-2-3-9-24/h2-3,8-9,13-14,16,19H,4-7,10-12,15H2,1H3,(H,23,28). The Bertz CT molecular complexity index is 749. The fourth-order valence-electron chi connectivity index (χ4n) is 3.62. The molecule has 8 nitrogen and oxygen atoms in total. The molecular weight excluding hydrogens is 356 g/mol. The largest absolute Gasteiger partial charge is 0.353 e. The topological polar surface area (TPSA) is 83.4 Å². The van der Waals surface area contributed by atoms with Crippen molar-refractivity contribution in [1.82, 2.24) is 29.7 Å². The lowest BCUT2D eigenvalue weighted by molar-refractivity contribution is -0.132. The first-order valence-electron chi connectivity index (χ1n) is 9.78. The van der Waals surface area contributed by atoms with Gasteiger partial charge in [-0.15, -0.1) is 0 Å². The van der Waals surface area contributed by atoms with Gasteiger partial charge < -0.3 is 19.7 Å². The van der Waals surface area contributed by atoms with Gasteiger partial charge >= 0.3 is 6.03 Å². The number of nitrogens with one attached hydrogen (secondary N) is 1. The summed E-state index contributed by atoms with van der Waals surface area (Å²) in [7, 11) is 0. The lowest BCUT2D eigenvalue weighted by atomic mass is 10.1. The molecule has 8 heteroatoms. The first-order chi connectivity index (χ1) is 13.6. The molecule has 1 unspecified atom stereocenters. The van der Waals surface area contributed by atoms with Crippen LogP contribution in [-0.4, -0.2) is 61.9 Å². The molecule has 28 heavy (non-hydrogen) atoms. The molecule has 0 saturated carbocycles. The third kappa shape index (κ3) is 5.55. The highest BCUT2D eigenvalue weighted by atomic mass is 16.2. The Balaban J connectivity index is 1.51. The van der Waals surface area contributed by atoms with Crippen LogP contribution in [0.1, 0.15) is 31.7 Å². The van der Waals surface area contributed by atoms with Gasteiger partial charge in [0.25, 0.3) is 0 Å². The maximum absolute atomic E-state index is 12.5. The maximum atomic E-state index is 12.5. The number of aromatic nitrogens is 3. The van der Waals surface area contributed by atoms with Crippen molar-refractivity contribution in [2.24, 2.45) is 0 Å². The number of urea groups is 1. The van der Waals surface area contributed by atoms with Gasteiger partial charge in [-0.25, -0.2) is 14.8 Å². The van der Waals surface area contributed by atoms with Gasteiger partial charge in [0, 0.05) is 76.0 Å². The number of nitrogens with zero attached hydrogens (tertiary/aromatic N) is 5. The number of hydrogen-bond donors (Lipinski definition) is 1. The molecule has 2 aromatic heterocycles. The second-order valence-electron chi connectivity index (χ2n) is 7.12. The number of likely N-dealkylation sites (tertiary alicyclic amines) is 1. The minimum Gasteiger partial charge on any atom is -0.353 e. The van der Waals surface area contributed by atoms with Crippen LogP contribution < -0.4 is 5.32 Å². The van der Waals surface area contributed by atoms with Crippen molar-refractivity contribution >= 4 is 11.9 Å². The van der Waals surface area contributed by atoms with Crippen LogP contribution in [-0.2, 0) is 17.9 Å². The molecule has 0 radical (unpaired) electrons. The van der Waals surface area contributed by atoms with Gasteiger partial charge in [-0.3, -0.25) is 4.79 Å². The number of rotatable bonds is 6. The second kappa shape index (κ2) is 9.87. The molecule has 0 spiro atoms. The van der Waals surface area contributed by atoms with Crippen molar-refractivity contribution in [2.75, 3.05) is 19.6 Å². The van der Waals surface area contributed by atoms with E-state index < -0.39 is 0 Å². The molecule has 3 amide bonds. The van der Waals surface area contributed by atoms with E-state index in [1.165, 1.54) is 6.33 Å². The molecular formula is C20H28N6O2. The average Bonchev–Trinajstić information content (AvgIpc) is 3.09. The summed E-state index contributed by atoms with van der Waals surface area (Å²) in [6.07, 6.45) is 11.5. The fraction of sp³-hybridized carbons (Fsp3) is 0.500. The SMILES string of the molecule is CC(=O)N(Cc1cncnc1)C1CCCN(C(=O)NCCn2cccc2)CC1. The van der Waals surface area contributed by atoms with Crippen molar-refractivity contribution in [3.05, 3.63) is 48.8 Å². The monoisotopic (exact) mass is 384 g/mol. The lowest BCUT2D eigenvalue weighted by Crippen LogP contribution is -2.43. The van der Waals surface area contributed by atoms with Crippen molar-refractivity contribution in [3.63, 3.8) is 0 Å². The lowest BCUT2D eigenvalue weighted by Gasteiger charge is -2.30. The highest BCUT2D eigenvalue weighted by Crippen LogP contribution is 2.19. The van der Waals surface area contributed by atoms with E-state index in [9.17, 15) is 9.59 Å². The molecule has 0 aliphatic carbocycles. The van der Waals surface area contributed by atoms with E-state index in [4.69, 9.17) is 0 Å². The predicted octanol–water partition coefficient (Wildman–Crippen LogP) is 1.89. The summed E-state index contributed by atoms with van der Waals surface area (Å²) in [5.74, 6) is 0.0403. The smallest absolute Gasteiger partial charge is 0.317 e. The van der Waals surface area contributed by atoms with Gasteiger partial charge in [-0.05, 0) is 31.4 Å². The van der Waals surface area contributed by atoms with Crippen LogP contribution >= 0.6 is 0 Å². The average molecular weight is 384 g/mol. The number of carbonyl (C=O) groups is 2. The summed E-state index contributed by atoms with van der Waals surface area (Å²) in [5.41, 5.74) is 0.918. The molecule has 1 fully saturated rings. The second-order valence-corrected chi connectivity index (χ2v) is 7.12. The minimum absolute atomic E-state index is 0.0290. The van der Waals surface area contributed by atoms with E-state index in [2.05, 4.69) is 15.3 Å². The molecule has 1 aliphatic heterocycles. The van der Waals surface area contributed by atoms with E-state index in [1.807, 2.05) is 38.9 Å². The molecule has 1 saturated heterocycles. The predicted molar refractivity (Wildman–Crippen MR) is 105 cm³/mol. The Morgan fingerprint density at radius 1 is 1.18 bits per heavy atom. The van der Waals surface area contributed by atoms with Crippen LogP contribution in [0.25, 0.3) is 0 Å². The summed E-state index contributed by atoms with van der Waals surface area (Å²) < 4.78 is 2.04. The van der Waals surface area contributed by atoms with Crippen LogP contribution in [0, 0.1) is 0 Å². The highest BCUT2D eigenvalue weighted by Gasteiger charge is 2.26. The van der Waals surface area contributed by atoms with Crippen LogP contribution in [0.2, 0.25) is 0 Å². The Hall–Kier alpha value is -2.90. The zero-order valence-corrected chi connectivity index (χ0v) is 16.3. The zero-order chi connectivity index (χ0) is 19.8. The van der Waals surface area contributed by atoms with E-state index >= 15 is 0 Å². The number of amides is 3. The summed E-state index contributed by atoms with van der Waals surface area (Å²) in [4.78, 5) is 36.5. The Labute approximate surface area is 165 Å². The Morgan fingerprint density at radius 2 is 1.93 bits per heavy atom. The van der Waals surface area contributed by atoms with E-state index in [1.54, 1.807) is 19.3 Å². The zero-order valence-electron chi connectivity index (χ0n) is 16.3.